The van der Waals surface area contributed by atoms with Gasteiger partial charge >= 0.3 is 5.97 Å². The van der Waals surface area contributed by atoms with Crippen LogP contribution in [0.3, 0.4) is 0 Å². The first-order valence-electron chi connectivity index (χ1n) is 5.08. The molecule has 0 bridgehead atoms. The Morgan fingerprint density at radius 3 is 2.65 bits per heavy atom. The number of carbonyl (C=O) groups excluding carboxylic acids is 1. The number of hydrogen-bond acceptors (Lipinski definition) is 4. The molecule has 1 aromatic rings. The Bertz CT molecular complexity index is 417. The van der Waals surface area contributed by atoms with Gasteiger partial charge in [-0.15, -0.1) is 0 Å². The maximum atomic E-state index is 13.4. The molecule has 0 amide bonds. The quantitative estimate of drug-likeness (QED) is 0.806. The van der Waals surface area contributed by atoms with Gasteiger partial charge in [0.1, 0.15) is 11.6 Å². The first kappa shape index (κ1) is 13.4. The second-order valence-electron chi connectivity index (χ2n) is 3.66. The van der Waals surface area contributed by atoms with E-state index in [9.17, 15) is 14.3 Å². The molecule has 17 heavy (non-hydrogen) atoms. The van der Waals surface area contributed by atoms with Crippen LogP contribution in [0.25, 0.3) is 0 Å². The standard InChI is InChI=1S/C12H15FO4/c1-7-4-11(16-2)8(5-9(7)13)6-10(14)12(15)17-3/h4-5,10,14H,6H2,1-3H3. The number of aliphatic hydroxyl groups is 1. The van der Waals surface area contributed by atoms with Crippen LogP contribution in [0.2, 0.25) is 0 Å². The average molecular weight is 242 g/mol. The zero-order valence-electron chi connectivity index (χ0n) is 9.99. The Hall–Kier alpha value is -1.62. The lowest BCUT2D eigenvalue weighted by atomic mass is 10.0. The molecule has 0 heterocycles. The van der Waals surface area contributed by atoms with Gasteiger partial charge in [0, 0.05) is 12.0 Å². The van der Waals surface area contributed by atoms with E-state index in [2.05, 4.69) is 4.74 Å². The number of aliphatic hydroxyl groups excluding tert-OH is 1. The summed E-state index contributed by atoms with van der Waals surface area (Å²) in [5.41, 5.74) is 0.867. The molecular formula is C12H15FO4. The molecule has 0 saturated carbocycles. The number of hydrogen-bond donors (Lipinski definition) is 1. The van der Waals surface area contributed by atoms with Gasteiger partial charge in [-0.2, -0.15) is 0 Å². The molecule has 1 aromatic carbocycles. The minimum absolute atomic E-state index is 0.0486. The van der Waals surface area contributed by atoms with Crippen molar-refractivity contribution in [1.82, 2.24) is 0 Å². The molecule has 0 spiro atoms. The molecule has 0 aliphatic carbocycles. The van der Waals surface area contributed by atoms with E-state index in [0.717, 1.165) is 0 Å². The lowest BCUT2D eigenvalue weighted by Gasteiger charge is -2.13. The Labute approximate surface area is 99.0 Å². The molecule has 1 N–H and O–H groups in total. The highest BCUT2D eigenvalue weighted by Crippen LogP contribution is 2.24. The van der Waals surface area contributed by atoms with E-state index < -0.39 is 17.9 Å². The number of halogens is 1. The SMILES string of the molecule is COC(=O)C(O)Cc1cc(F)c(C)cc1OC. The highest BCUT2D eigenvalue weighted by molar-refractivity contribution is 5.74. The van der Waals surface area contributed by atoms with E-state index in [0.29, 0.717) is 16.9 Å². The smallest absolute Gasteiger partial charge is 0.335 e. The fraction of sp³-hybridized carbons (Fsp3) is 0.417. The van der Waals surface area contributed by atoms with Crippen LogP contribution in [0.4, 0.5) is 4.39 Å². The van der Waals surface area contributed by atoms with Crippen molar-refractivity contribution in [3.63, 3.8) is 0 Å². The summed E-state index contributed by atoms with van der Waals surface area (Å²) in [5, 5.41) is 9.50. The Morgan fingerprint density at radius 2 is 2.12 bits per heavy atom. The molecule has 1 unspecified atom stereocenters. The third kappa shape index (κ3) is 3.17. The summed E-state index contributed by atoms with van der Waals surface area (Å²) in [7, 11) is 2.62. The number of carbonyl (C=O) groups is 1. The summed E-state index contributed by atoms with van der Waals surface area (Å²) in [6.07, 6.45) is -1.37. The normalized spacial score (nSPS) is 12.1. The van der Waals surface area contributed by atoms with Gasteiger partial charge in [-0.25, -0.2) is 9.18 Å². The Kier molecular flexibility index (Phi) is 4.45. The second kappa shape index (κ2) is 5.63. The van der Waals surface area contributed by atoms with Gasteiger partial charge in [-0.1, -0.05) is 0 Å². The second-order valence-corrected chi connectivity index (χ2v) is 3.66. The fourth-order valence-electron chi connectivity index (χ4n) is 1.47. The van der Waals surface area contributed by atoms with Gasteiger partial charge in [0.05, 0.1) is 14.2 Å². The van der Waals surface area contributed by atoms with Crippen LogP contribution in [-0.2, 0) is 16.0 Å². The molecule has 5 heteroatoms. The van der Waals surface area contributed by atoms with E-state index in [1.165, 1.54) is 26.4 Å². The number of ether oxygens (including phenoxy) is 2. The first-order chi connectivity index (χ1) is 7.99. The number of rotatable bonds is 4. The highest BCUT2D eigenvalue weighted by Gasteiger charge is 2.19. The molecule has 4 nitrogen and oxygen atoms in total. The van der Waals surface area contributed by atoms with E-state index in [4.69, 9.17) is 4.74 Å². The van der Waals surface area contributed by atoms with Gasteiger partial charge in [-0.05, 0) is 24.6 Å². The van der Waals surface area contributed by atoms with E-state index in [-0.39, 0.29) is 6.42 Å². The van der Waals surface area contributed by atoms with E-state index >= 15 is 0 Å². The Balaban J connectivity index is 2.97. The minimum atomic E-state index is -1.32. The van der Waals surface area contributed by atoms with Crippen LogP contribution < -0.4 is 4.74 Å². The number of benzene rings is 1. The lowest BCUT2D eigenvalue weighted by Crippen LogP contribution is -2.24. The van der Waals surface area contributed by atoms with Gasteiger partial charge < -0.3 is 14.6 Å². The van der Waals surface area contributed by atoms with Crippen molar-refractivity contribution >= 4 is 5.97 Å². The van der Waals surface area contributed by atoms with Gasteiger partial charge in [-0.3, -0.25) is 0 Å². The number of methoxy groups -OCH3 is 2. The fourth-order valence-corrected chi connectivity index (χ4v) is 1.47. The molecule has 0 saturated heterocycles. The summed E-state index contributed by atoms with van der Waals surface area (Å²) < 4.78 is 22.8. The predicted molar refractivity (Wildman–Crippen MR) is 59.4 cm³/mol. The predicted octanol–water partition coefficient (Wildman–Crippen LogP) is 1.22. The third-order valence-electron chi connectivity index (χ3n) is 2.45. The monoisotopic (exact) mass is 242 g/mol. The molecular weight excluding hydrogens is 227 g/mol. The summed E-state index contributed by atoms with van der Waals surface area (Å²) in [6, 6.07) is 2.77. The van der Waals surface area contributed by atoms with Gasteiger partial charge in [0.15, 0.2) is 6.10 Å². The molecule has 0 fully saturated rings. The summed E-state index contributed by atoms with van der Waals surface area (Å²) >= 11 is 0. The Morgan fingerprint density at radius 1 is 1.47 bits per heavy atom. The van der Waals surface area contributed by atoms with Crippen LogP contribution in [0.1, 0.15) is 11.1 Å². The van der Waals surface area contributed by atoms with Crippen LogP contribution in [0.15, 0.2) is 12.1 Å². The minimum Gasteiger partial charge on any atom is -0.496 e. The van der Waals surface area contributed by atoms with Crippen LogP contribution in [0, 0.1) is 12.7 Å². The molecule has 0 radical (unpaired) electrons. The van der Waals surface area contributed by atoms with Crippen molar-refractivity contribution in [2.24, 2.45) is 0 Å². The molecule has 1 rings (SSSR count). The van der Waals surface area contributed by atoms with E-state index in [1.807, 2.05) is 0 Å². The average Bonchev–Trinajstić information content (AvgIpc) is 2.32. The van der Waals surface area contributed by atoms with Crippen LogP contribution in [0.5, 0.6) is 5.75 Å². The molecule has 1 atom stereocenters. The van der Waals surface area contributed by atoms with Gasteiger partial charge in [0.2, 0.25) is 0 Å². The lowest BCUT2D eigenvalue weighted by molar-refractivity contribution is -0.150. The van der Waals surface area contributed by atoms with Crippen molar-refractivity contribution in [3.05, 3.63) is 29.1 Å². The van der Waals surface area contributed by atoms with Crippen molar-refractivity contribution in [2.45, 2.75) is 19.4 Å². The van der Waals surface area contributed by atoms with Crippen LogP contribution in [-0.4, -0.2) is 31.4 Å². The van der Waals surface area contributed by atoms with E-state index in [1.54, 1.807) is 6.92 Å². The maximum absolute atomic E-state index is 13.4. The molecule has 0 aromatic heterocycles. The highest BCUT2D eigenvalue weighted by atomic mass is 19.1. The summed E-state index contributed by atoms with van der Waals surface area (Å²) in [4.78, 5) is 11.1. The number of esters is 1. The topological polar surface area (TPSA) is 55.8 Å². The van der Waals surface area contributed by atoms with Crippen molar-refractivity contribution in [1.29, 1.82) is 0 Å². The summed E-state index contributed by atoms with van der Waals surface area (Å²) in [6.45, 7) is 1.61. The maximum Gasteiger partial charge on any atom is 0.335 e. The largest absolute Gasteiger partial charge is 0.496 e. The summed E-state index contributed by atoms with van der Waals surface area (Å²) in [5.74, 6) is -0.724. The molecule has 0 aliphatic heterocycles. The van der Waals surface area contributed by atoms with Crippen molar-refractivity contribution in [2.75, 3.05) is 14.2 Å². The van der Waals surface area contributed by atoms with Gasteiger partial charge in [0.25, 0.3) is 0 Å². The van der Waals surface area contributed by atoms with Crippen molar-refractivity contribution in [3.8, 4) is 5.75 Å². The third-order valence-corrected chi connectivity index (χ3v) is 2.45. The van der Waals surface area contributed by atoms with Crippen LogP contribution >= 0.6 is 0 Å². The zero-order valence-corrected chi connectivity index (χ0v) is 9.99. The molecule has 0 aliphatic rings. The first-order valence-corrected chi connectivity index (χ1v) is 5.08. The zero-order chi connectivity index (χ0) is 13.0. The number of aryl methyl sites for hydroxylation is 1. The van der Waals surface area contributed by atoms with Crippen molar-refractivity contribution < 1.29 is 23.8 Å². The molecule has 94 valence electrons.